The summed E-state index contributed by atoms with van der Waals surface area (Å²) >= 11 is 0. The van der Waals surface area contributed by atoms with Crippen LogP contribution in [0.15, 0.2) is 55.1 Å². The first kappa shape index (κ1) is 16.0. The average molecular weight is 298 g/mol. The van der Waals surface area contributed by atoms with Gasteiger partial charge in [-0.2, -0.15) is 0 Å². The molecule has 0 unspecified atom stereocenters. The lowest BCUT2D eigenvalue weighted by molar-refractivity contribution is -0.116. The van der Waals surface area contributed by atoms with E-state index in [4.69, 9.17) is 0 Å². The van der Waals surface area contributed by atoms with E-state index < -0.39 is 0 Å². The summed E-state index contributed by atoms with van der Waals surface area (Å²) in [5.74, 6) is -0.0654. The molecule has 2 aromatic rings. The van der Waals surface area contributed by atoms with E-state index in [1.165, 1.54) is 5.56 Å². The molecule has 2 rings (SSSR count). The Hall–Kier alpha value is -2.40. The van der Waals surface area contributed by atoms with E-state index in [1.807, 2.05) is 48.0 Å². The fraction of sp³-hybridized carbons (Fsp3) is 0.294. The molecular weight excluding hydrogens is 276 g/mol. The maximum absolute atomic E-state index is 11.6. The second kappa shape index (κ2) is 8.14. The van der Waals surface area contributed by atoms with Crippen LogP contribution in [-0.2, 0) is 17.9 Å². The van der Waals surface area contributed by atoms with Gasteiger partial charge in [-0.05, 0) is 25.2 Å². The van der Waals surface area contributed by atoms with Crippen molar-refractivity contribution in [1.82, 2.24) is 19.8 Å². The minimum Gasteiger partial charge on any atom is -0.348 e. The van der Waals surface area contributed by atoms with Gasteiger partial charge in [0.1, 0.15) is 0 Å². The monoisotopic (exact) mass is 298 g/mol. The smallest absolute Gasteiger partial charge is 0.243 e. The van der Waals surface area contributed by atoms with Gasteiger partial charge in [-0.1, -0.05) is 30.3 Å². The second-order valence-corrected chi connectivity index (χ2v) is 5.43. The van der Waals surface area contributed by atoms with E-state index in [-0.39, 0.29) is 5.91 Å². The van der Waals surface area contributed by atoms with Crippen molar-refractivity contribution in [3.63, 3.8) is 0 Å². The van der Waals surface area contributed by atoms with Crippen molar-refractivity contribution in [3.05, 3.63) is 66.3 Å². The molecule has 0 aliphatic carbocycles. The molecule has 0 aliphatic rings. The lowest BCUT2D eigenvalue weighted by atomic mass is 10.1. The van der Waals surface area contributed by atoms with Gasteiger partial charge in [0, 0.05) is 38.1 Å². The Morgan fingerprint density at radius 2 is 2.00 bits per heavy atom. The van der Waals surface area contributed by atoms with Crippen LogP contribution in [0.4, 0.5) is 0 Å². The number of likely N-dealkylation sites (N-methyl/N-ethyl adjacent to an activating group) is 1. The molecule has 1 aromatic heterocycles. The Morgan fingerprint density at radius 1 is 1.27 bits per heavy atom. The molecule has 0 saturated carbocycles. The maximum atomic E-state index is 11.6. The minimum atomic E-state index is -0.0654. The summed E-state index contributed by atoms with van der Waals surface area (Å²) in [7, 11) is 3.93. The van der Waals surface area contributed by atoms with Crippen LogP contribution >= 0.6 is 0 Å². The largest absolute Gasteiger partial charge is 0.348 e. The van der Waals surface area contributed by atoms with Gasteiger partial charge in [0.25, 0.3) is 0 Å². The van der Waals surface area contributed by atoms with Crippen LogP contribution in [0.3, 0.4) is 0 Å². The Labute approximate surface area is 131 Å². The summed E-state index contributed by atoms with van der Waals surface area (Å²) in [6.45, 7) is 2.10. The Morgan fingerprint density at radius 3 is 2.64 bits per heavy atom. The first-order valence-corrected chi connectivity index (χ1v) is 7.26. The highest BCUT2D eigenvalue weighted by molar-refractivity contribution is 5.87. The molecule has 0 spiro atoms. The summed E-state index contributed by atoms with van der Waals surface area (Å²) in [6, 6.07) is 8.22. The topological polar surface area (TPSA) is 50.2 Å². The molecular formula is C17H22N4O. The van der Waals surface area contributed by atoms with Crippen LogP contribution in [0.25, 0.3) is 0 Å². The number of amides is 1. The van der Waals surface area contributed by atoms with Gasteiger partial charge in [0.05, 0.1) is 6.33 Å². The standard InChI is InChI=1S/C17H22N4O/c1-20(2)10-3-4-17(22)19-12-15-5-7-16(8-6-15)13-21-11-9-18-14-21/h3-9,11,14H,10,12-13H2,1-2H3,(H,19,22)/b4-3+. The molecule has 5 nitrogen and oxygen atoms in total. The molecule has 0 atom stereocenters. The third kappa shape index (κ3) is 5.54. The Bertz CT molecular complexity index is 600. The van der Waals surface area contributed by atoms with Gasteiger partial charge < -0.3 is 14.8 Å². The predicted octanol–water partition coefficient (Wildman–Crippen LogP) is 1.67. The van der Waals surface area contributed by atoms with Gasteiger partial charge >= 0.3 is 0 Å². The molecule has 0 radical (unpaired) electrons. The quantitative estimate of drug-likeness (QED) is 0.791. The van der Waals surface area contributed by atoms with E-state index in [2.05, 4.69) is 22.4 Å². The number of carbonyl (C=O) groups is 1. The summed E-state index contributed by atoms with van der Waals surface area (Å²) in [6.07, 6.45) is 8.94. The molecule has 0 bridgehead atoms. The molecule has 0 fully saturated rings. The highest BCUT2D eigenvalue weighted by Gasteiger charge is 1.99. The van der Waals surface area contributed by atoms with Gasteiger partial charge in [-0.25, -0.2) is 4.98 Å². The number of nitrogens with one attached hydrogen (secondary N) is 1. The van der Waals surface area contributed by atoms with Crippen LogP contribution in [0.2, 0.25) is 0 Å². The molecule has 5 heteroatoms. The molecule has 1 amide bonds. The van der Waals surface area contributed by atoms with Crippen molar-refractivity contribution in [2.24, 2.45) is 0 Å². The SMILES string of the molecule is CN(C)C/C=C/C(=O)NCc1ccc(Cn2ccnc2)cc1. The van der Waals surface area contributed by atoms with Crippen molar-refractivity contribution in [1.29, 1.82) is 0 Å². The molecule has 116 valence electrons. The minimum absolute atomic E-state index is 0.0654. The lowest BCUT2D eigenvalue weighted by Crippen LogP contribution is -2.21. The number of aromatic nitrogens is 2. The normalized spacial score (nSPS) is 11.2. The van der Waals surface area contributed by atoms with Crippen molar-refractivity contribution in [3.8, 4) is 0 Å². The van der Waals surface area contributed by atoms with E-state index in [0.29, 0.717) is 6.54 Å². The van der Waals surface area contributed by atoms with Crippen LogP contribution in [0, 0.1) is 0 Å². The van der Waals surface area contributed by atoms with Crippen molar-refractivity contribution in [2.75, 3.05) is 20.6 Å². The molecule has 22 heavy (non-hydrogen) atoms. The average Bonchev–Trinajstić information content (AvgIpc) is 2.99. The molecule has 1 N–H and O–H groups in total. The first-order valence-electron chi connectivity index (χ1n) is 7.26. The number of rotatable bonds is 7. The van der Waals surface area contributed by atoms with Gasteiger partial charge in [0.15, 0.2) is 0 Å². The zero-order valence-corrected chi connectivity index (χ0v) is 13.1. The molecule has 1 heterocycles. The number of benzene rings is 1. The lowest BCUT2D eigenvalue weighted by Gasteiger charge is -2.06. The number of carbonyl (C=O) groups excluding carboxylic acids is 1. The van der Waals surface area contributed by atoms with Crippen molar-refractivity contribution >= 4 is 5.91 Å². The Balaban J connectivity index is 1.79. The highest BCUT2D eigenvalue weighted by Crippen LogP contribution is 2.06. The summed E-state index contributed by atoms with van der Waals surface area (Å²) in [5, 5.41) is 2.88. The maximum Gasteiger partial charge on any atom is 0.243 e. The molecule has 0 aliphatic heterocycles. The second-order valence-electron chi connectivity index (χ2n) is 5.43. The predicted molar refractivity (Wildman–Crippen MR) is 87.3 cm³/mol. The first-order chi connectivity index (χ1) is 10.6. The van der Waals surface area contributed by atoms with Crippen LogP contribution in [0.1, 0.15) is 11.1 Å². The summed E-state index contributed by atoms with van der Waals surface area (Å²) in [4.78, 5) is 17.7. The summed E-state index contributed by atoms with van der Waals surface area (Å²) < 4.78 is 2.02. The summed E-state index contributed by atoms with van der Waals surface area (Å²) in [5.41, 5.74) is 2.29. The van der Waals surface area contributed by atoms with Crippen molar-refractivity contribution < 1.29 is 4.79 Å². The van der Waals surface area contributed by atoms with E-state index >= 15 is 0 Å². The number of nitrogens with zero attached hydrogens (tertiary/aromatic N) is 3. The third-order valence-corrected chi connectivity index (χ3v) is 3.15. The number of hydrogen-bond donors (Lipinski definition) is 1. The van der Waals surface area contributed by atoms with Gasteiger partial charge in [-0.3, -0.25) is 4.79 Å². The third-order valence-electron chi connectivity index (χ3n) is 3.15. The highest BCUT2D eigenvalue weighted by atomic mass is 16.1. The van der Waals surface area contributed by atoms with E-state index in [9.17, 15) is 4.79 Å². The Kier molecular flexibility index (Phi) is 5.91. The number of hydrogen-bond acceptors (Lipinski definition) is 3. The van der Waals surface area contributed by atoms with Crippen LogP contribution in [-0.4, -0.2) is 41.0 Å². The fourth-order valence-electron chi connectivity index (χ4n) is 1.97. The molecule has 0 saturated heterocycles. The van der Waals surface area contributed by atoms with Crippen molar-refractivity contribution in [2.45, 2.75) is 13.1 Å². The van der Waals surface area contributed by atoms with Gasteiger partial charge in [0.2, 0.25) is 5.91 Å². The number of imidazole rings is 1. The van der Waals surface area contributed by atoms with E-state index in [0.717, 1.165) is 18.7 Å². The zero-order valence-electron chi connectivity index (χ0n) is 13.1. The zero-order chi connectivity index (χ0) is 15.8. The van der Waals surface area contributed by atoms with Crippen LogP contribution < -0.4 is 5.32 Å². The van der Waals surface area contributed by atoms with Crippen LogP contribution in [0.5, 0.6) is 0 Å². The molecule has 1 aromatic carbocycles. The van der Waals surface area contributed by atoms with Gasteiger partial charge in [-0.15, -0.1) is 0 Å². The fourth-order valence-corrected chi connectivity index (χ4v) is 1.97. The van der Waals surface area contributed by atoms with E-state index in [1.54, 1.807) is 18.6 Å².